The fraction of sp³-hybridized carbons (Fsp3) is 0.192. The number of Topliss-reactive ketones (excluding diaryl/α,β-unsaturated/α-hetero) is 1. The van der Waals surface area contributed by atoms with Gasteiger partial charge in [-0.1, -0.05) is 12.1 Å². The molecule has 8 heteroatoms. The Bertz CT molecular complexity index is 1240. The average molecular weight is 460 g/mol. The quantitative estimate of drug-likeness (QED) is 0.313. The van der Waals surface area contributed by atoms with E-state index in [2.05, 4.69) is 4.98 Å². The second-order valence-corrected chi connectivity index (χ2v) is 7.68. The van der Waals surface area contributed by atoms with Gasteiger partial charge < -0.3 is 24.6 Å². The zero-order valence-corrected chi connectivity index (χ0v) is 18.8. The Hall–Kier alpha value is -4.33. The maximum absolute atomic E-state index is 13.2. The number of aromatic hydroxyl groups is 1. The van der Waals surface area contributed by atoms with Crippen LogP contribution in [-0.4, -0.2) is 45.5 Å². The van der Waals surface area contributed by atoms with Crippen molar-refractivity contribution in [3.8, 4) is 17.2 Å². The molecule has 0 bridgehead atoms. The van der Waals surface area contributed by atoms with E-state index >= 15 is 0 Å². The van der Waals surface area contributed by atoms with E-state index < -0.39 is 17.7 Å². The minimum atomic E-state index is -0.902. The first-order chi connectivity index (χ1) is 16.4. The minimum Gasteiger partial charge on any atom is -0.507 e. The molecule has 0 spiro atoms. The highest BCUT2D eigenvalue weighted by atomic mass is 16.5. The van der Waals surface area contributed by atoms with Gasteiger partial charge in [0, 0.05) is 24.5 Å². The van der Waals surface area contributed by atoms with Gasteiger partial charge in [0.25, 0.3) is 11.7 Å². The first-order valence-corrected chi connectivity index (χ1v) is 10.7. The maximum Gasteiger partial charge on any atom is 0.295 e. The van der Waals surface area contributed by atoms with Crippen LogP contribution in [0.5, 0.6) is 17.2 Å². The van der Waals surface area contributed by atoms with E-state index in [1.54, 1.807) is 60.9 Å². The van der Waals surface area contributed by atoms with Gasteiger partial charge >= 0.3 is 0 Å². The lowest BCUT2D eigenvalue weighted by atomic mass is 9.95. The van der Waals surface area contributed by atoms with E-state index in [1.807, 2.05) is 6.92 Å². The van der Waals surface area contributed by atoms with E-state index in [1.165, 1.54) is 18.1 Å². The first-order valence-electron chi connectivity index (χ1n) is 10.7. The van der Waals surface area contributed by atoms with E-state index in [0.717, 1.165) is 5.56 Å². The summed E-state index contributed by atoms with van der Waals surface area (Å²) in [5.41, 5.74) is 1.55. The van der Waals surface area contributed by atoms with E-state index in [-0.39, 0.29) is 29.4 Å². The molecule has 1 aliphatic heterocycles. The highest BCUT2D eigenvalue weighted by molar-refractivity contribution is 6.46. The molecule has 1 aliphatic rings. The lowest BCUT2D eigenvalue weighted by Crippen LogP contribution is -2.29. The summed E-state index contributed by atoms with van der Waals surface area (Å²) in [5.74, 6) is -1.11. The molecule has 2 aromatic carbocycles. The predicted molar refractivity (Wildman–Crippen MR) is 124 cm³/mol. The largest absolute Gasteiger partial charge is 0.507 e. The van der Waals surface area contributed by atoms with Gasteiger partial charge in [-0.3, -0.25) is 14.6 Å². The molecule has 0 unspecified atom stereocenters. The van der Waals surface area contributed by atoms with Crippen LogP contribution in [0, 0.1) is 0 Å². The third-order valence-electron chi connectivity index (χ3n) is 5.57. The molecule has 1 saturated heterocycles. The number of methoxy groups -OCH3 is 1. The molecule has 1 aromatic heterocycles. The molecule has 1 atom stereocenters. The van der Waals surface area contributed by atoms with Crippen molar-refractivity contribution in [3.63, 3.8) is 0 Å². The fourth-order valence-electron chi connectivity index (χ4n) is 3.97. The SMILES string of the molecule is CCOc1ccc(/C(O)=C2\C(=O)C(=O)N(Cc3cccnc3)[C@@H]2c2ccc(O)c(OC)c2)cc1. The van der Waals surface area contributed by atoms with Crippen molar-refractivity contribution in [1.82, 2.24) is 9.88 Å². The normalized spacial score (nSPS) is 17.1. The van der Waals surface area contributed by atoms with Gasteiger partial charge in [0.05, 0.1) is 25.3 Å². The molecule has 174 valence electrons. The van der Waals surface area contributed by atoms with Crippen molar-refractivity contribution >= 4 is 17.4 Å². The van der Waals surface area contributed by atoms with Crippen LogP contribution in [0.3, 0.4) is 0 Å². The summed E-state index contributed by atoms with van der Waals surface area (Å²) in [6.45, 7) is 2.46. The van der Waals surface area contributed by atoms with Crippen LogP contribution in [0.2, 0.25) is 0 Å². The third-order valence-corrected chi connectivity index (χ3v) is 5.57. The number of hydrogen-bond acceptors (Lipinski definition) is 7. The number of aromatic nitrogens is 1. The van der Waals surface area contributed by atoms with Crippen molar-refractivity contribution in [2.75, 3.05) is 13.7 Å². The molecular formula is C26H24N2O6. The number of ether oxygens (including phenoxy) is 2. The number of carbonyl (C=O) groups is 2. The topological polar surface area (TPSA) is 109 Å². The lowest BCUT2D eigenvalue weighted by Gasteiger charge is -2.25. The molecule has 0 radical (unpaired) electrons. The van der Waals surface area contributed by atoms with Gasteiger partial charge in [-0.25, -0.2) is 0 Å². The summed E-state index contributed by atoms with van der Waals surface area (Å²) in [7, 11) is 1.41. The molecule has 34 heavy (non-hydrogen) atoms. The third kappa shape index (κ3) is 4.30. The molecule has 0 aliphatic carbocycles. The Morgan fingerprint density at radius 3 is 2.53 bits per heavy atom. The first kappa shape index (κ1) is 22.8. The summed E-state index contributed by atoms with van der Waals surface area (Å²) in [4.78, 5) is 31.7. The molecule has 2 heterocycles. The number of benzene rings is 2. The van der Waals surface area contributed by atoms with Crippen LogP contribution in [0.4, 0.5) is 0 Å². The molecule has 1 fully saturated rings. The number of phenols is 1. The Balaban J connectivity index is 1.85. The molecule has 0 saturated carbocycles. The number of phenolic OH excluding ortho intramolecular Hbond substituents is 1. The number of aliphatic hydroxyl groups is 1. The number of carbonyl (C=O) groups excluding carboxylic acids is 2. The van der Waals surface area contributed by atoms with Crippen LogP contribution in [-0.2, 0) is 16.1 Å². The summed E-state index contributed by atoms with van der Waals surface area (Å²) < 4.78 is 10.7. The number of aliphatic hydroxyl groups excluding tert-OH is 1. The van der Waals surface area contributed by atoms with Crippen molar-refractivity contribution < 1.29 is 29.3 Å². The van der Waals surface area contributed by atoms with E-state index in [9.17, 15) is 19.8 Å². The second-order valence-electron chi connectivity index (χ2n) is 7.68. The zero-order valence-electron chi connectivity index (χ0n) is 18.8. The maximum atomic E-state index is 13.2. The molecule has 2 N–H and O–H groups in total. The summed E-state index contributed by atoms with van der Waals surface area (Å²) in [6.07, 6.45) is 3.23. The second kappa shape index (κ2) is 9.66. The number of ketones is 1. The Morgan fingerprint density at radius 1 is 1.12 bits per heavy atom. The highest BCUT2D eigenvalue weighted by Crippen LogP contribution is 2.42. The van der Waals surface area contributed by atoms with Crippen LogP contribution in [0.25, 0.3) is 5.76 Å². The smallest absolute Gasteiger partial charge is 0.295 e. The Kier molecular flexibility index (Phi) is 6.49. The lowest BCUT2D eigenvalue weighted by molar-refractivity contribution is -0.140. The van der Waals surface area contributed by atoms with Crippen molar-refractivity contribution in [2.45, 2.75) is 19.5 Å². The van der Waals surface area contributed by atoms with Crippen molar-refractivity contribution in [3.05, 3.63) is 89.3 Å². The number of nitrogens with zero attached hydrogens (tertiary/aromatic N) is 2. The number of pyridine rings is 1. The number of rotatable bonds is 7. The standard InChI is InChI=1S/C26H24N2O6/c1-3-34-19-9-6-17(7-10-19)24(30)22-23(18-8-11-20(29)21(13-18)33-2)28(26(32)25(22)31)15-16-5-4-12-27-14-16/h4-14,23,29-30H,3,15H2,1-2H3/b24-22+/t23-/m1/s1. The average Bonchev–Trinajstić information content (AvgIpc) is 3.10. The van der Waals surface area contributed by atoms with Gasteiger partial charge in [0.2, 0.25) is 0 Å². The Morgan fingerprint density at radius 2 is 1.88 bits per heavy atom. The van der Waals surface area contributed by atoms with Gasteiger partial charge in [0.1, 0.15) is 11.5 Å². The molecule has 8 nitrogen and oxygen atoms in total. The Labute approximate surface area is 196 Å². The molecule has 1 amide bonds. The van der Waals surface area contributed by atoms with Gasteiger partial charge in [0.15, 0.2) is 11.5 Å². The van der Waals surface area contributed by atoms with E-state index in [4.69, 9.17) is 9.47 Å². The number of hydrogen-bond donors (Lipinski definition) is 2. The van der Waals surface area contributed by atoms with Crippen LogP contribution in [0.1, 0.15) is 29.7 Å². The summed E-state index contributed by atoms with van der Waals surface area (Å²) in [6, 6.07) is 13.8. The van der Waals surface area contributed by atoms with Crippen LogP contribution in [0.15, 0.2) is 72.6 Å². The number of likely N-dealkylation sites (tertiary alicyclic amines) is 1. The zero-order chi connectivity index (χ0) is 24.2. The summed E-state index contributed by atoms with van der Waals surface area (Å²) >= 11 is 0. The molecule has 3 aromatic rings. The molecular weight excluding hydrogens is 436 g/mol. The highest BCUT2D eigenvalue weighted by Gasteiger charge is 2.46. The van der Waals surface area contributed by atoms with Crippen LogP contribution < -0.4 is 9.47 Å². The van der Waals surface area contributed by atoms with Gasteiger partial charge in [-0.2, -0.15) is 0 Å². The predicted octanol–water partition coefficient (Wildman–Crippen LogP) is 3.82. The van der Waals surface area contributed by atoms with Gasteiger partial charge in [-0.15, -0.1) is 0 Å². The van der Waals surface area contributed by atoms with Crippen molar-refractivity contribution in [2.24, 2.45) is 0 Å². The minimum absolute atomic E-state index is 0.0502. The monoisotopic (exact) mass is 460 g/mol. The number of amides is 1. The summed E-state index contributed by atoms with van der Waals surface area (Å²) in [5, 5.41) is 21.2. The van der Waals surface area contributed by atoms with Crippen molar-refractivity contribution in [1.29, 1.82) is 0 Å². The molecule has 4 rings (SSSR count). The van der Waals surface area contributed by atoms with Crippen LogP contribution >= 0.6 is 0 Å². The van der Waals surface area contributed by atoms with E-state index in [0.29, 0.717) is 23.5 Å². The fourth-order valence-corrected chi connectivity index (χ4v) is 3.97. The van der Waals surface area contributed by atoms with Gasteiger partial charge in [-0.05, 0) is 60.5 Å².